The molecule has 0 unspecified atom stereocenters. The van der Waals surface area contributed by atoms with Gasteiger partial charge in [0.2, 0.25) is 0 Å². The van der Waals surface area contributed by atoms with Crippen molar-refractivity contribution >= 4 is 17.7 Å². The van der Waals surface area contributed by atoms with Crippen LogP contribution in [0.2, 0.25) is 0 Å². The van der Waals surface area contributed by atoms with E-state index in [4.69, 9.17) is 5.60 Å². The Hall–Kier alpha value is -1.39. The molecular formula is C4H4O5. The first-order valence-electron chi connectivity index (χ1n) is 3.59. The topological polar surface area (TPSA) is 91.7 Å². The number of carbonyl (C=O) groups is 3. The quantitative estimate of drug-likeness (QED) is 0.388. The standard InChI is InChI=1S/C4H4O5/c5-2(4(8)9)1-3(6)7/h1H2,(H,6,7)(H,8,9)/i1D2/hD2. The molecule has 0 aromatic carbocycles. The Morgan fingerprint density at radius 3 is 2.56 bits per heavy atom. The Kier molecular flexibility index (Phi) is 0.921. The van der Waals surface area contributed by atoms with Crippen LogP contribution in [0, 0.1) is 0 Å². The number of ketones is 1. The maximum absolute atomic E-state index is 10.6. The summed E-state index contributed by atoms with van der Waals surface area (Å²) in [6.07, 6.45) is -3.29. The monoisotopic (exact) mass is 136 g/mol. The van der Waals surface area contributed by atoms with Crippen LogP contribution in [0.1, 0.15) is 9.11 Å². The molecule has 0 aromatic rings. The van der Waals surface area contributed by atoms with Crippen LogP contribution in [0.5, 0.6) is 0 Å². The molecule has 5 heteroatoms. The number of Topliss-reactive ketones (excluding diaryl/α,β-unsaturated/α-hetero) is 1. The lowest BCUT2D eigenvalue weighted by atomic mass is 10.3. The third kappa shape index (κ3) is 3.22. The molecule has 0 aliphatic carbocycles. The SMILES string of the molecule is [2H]OC(=O)C(=O)C([2H])([2H])C(=O)O[2H]. The van der Waals surface area contributed by atoms with E-state index in [9.17, 15) is 14.4 Å². The lowest BCUT2D eigenvalue weighted by molar-refractivity contribution is -0.152. The molecule has 0 saturated heterocycles. The zero-order valence-corrected chi connectivity index (χ0v) is 4.04. The van der Waals surface area contributed by atoms with Gasteiger partial charge >= 0.3 is 11.9 Å². The summed E-state index contributed by atoms with van der Waals surface area (Å²) < 4.78 is 25.4. The molecule has 0 heterocycles. The van der Waals surface area contributed by atoms with Gasteiger partial charge in [0.15, 0.2) is 0 Å². The fraction of sp³-hybridized carbons (Fsp3) is 0.250. The van der Waals surface area contributed by atoms with Gasteiger partial charge in [-0.2, -0.15) is 0 Å². The number of hydrogen-bond acceptors (Lipinski definition) is 5. The minimum absolute atomic E-state index is 1.84. The third-order valence-corrected chi connectivity index (χ3v) is 0.401. The van der Waals surface area contributed by atoms with E-state index >= 15 is 0 Å². The second kappa shape index (κ2) is 2.81. The number of carboxylic acids is 2. The molecule has 0 aromatic heterocycles. The van der Waals surface area contributed by atoms with Gasteiger partial charge in [0.25, 0.3) is 8.65 Å². The average molecular weight is 136 g/mol. The van der Waals surface area contributed by atoms with Crippen molar-refractivity contribution in [2.75, 3.05) is 0 Å². The Labute approximate surface area is 55.7 Å². The highest BCUT2D eigenvalue weighted by molar-refractivity contribution is 6.35. The van der Waals surface area contributed by atoms with E-state index in [0.29, 0.717) is 0 Å². The van der Waals surface area contributed by atoms with Crippen molar-refractivity contribution in [2.24, 2.45) is 0 Å². The summed E-state index contributed by atoms with van der Waals surface area (Å²) in [5.41, 5.74) is 0. The maximum atomic E-state index is 10.6. The van der Waals surface area contributed by atoms with Crippen LogP contribution >= 0.6 is 0 Å². The molecule has 0 saturated carbocycles. The molecule has 0 fully saturated rings. The minimum Gasteiger partial charge on any atom is -0.481 e. The number of carbonyl (C=O) groups excluding carboxylic acids is 1. The van der Waals surface area contributed by atoms with Gasteiger partial charge in [-0.15, -0.1) is 0 Å². The summed E-state index contributed by atoms with van der Waals surface area (Å²) in [5, 5.41) is 6.32. The highest BCUT2D eigenvalue weighted by atomic mass is 16.4. The van der Waals surface area contributed by atoms with Gasteiger partial charge < -0.3 is 10.2 Å². The molecule has 0 aliphatic heterocycles. The summed E-state index contributed by atoms with van der Waals surface area (Å²) in [7, 11) is 0. The molecule has 0 rings (SSSR count). The number of carboxylic acid groups (broad SMARTS) is 2. The van der Waals surface area contributed by atoms with Gasteiger partial charge in [0.05, 0.1) is 0 Å². The van der Waals surface area contributed by atoms with Gasteiger partial charge in [-0.1, -0.05) is 0 Å². The Balaban J connectivity index is 4.73. The van der Waals surface area contributed by atoms with Gasteiger partial charge in [-0.3, -0.25) is 9.59 Å². The number of hydrogen-bond donors (Lipinski definition) is 2. The predicted octanol–water partition coefficient (Wildman–Crippen LogP) is -0.885. The molecule has 2 N–H and O–H groups in total. The molecule has 0 aliphatic rings. The van der Waals surface area contributed by atoms with Crippen molar-refractivity contribution < 1.29 is 27.3 Å². The number of aliphatic carboxylic acids is 2. The second-order valence-electron chi connectivity index (χ2n) is 1.03. The minimum atomic E-state index is -3.29. The van der Waals surface area contributed by atoms with Crippen LogP contribution in [0.3, 0.4) is 0 Å². The van der Waals surface area contributed by atoms with E-state index in [-0.39, 0.29) is 0 Å². The van der Waals surface area contributed by atoms with Crippen molar-refractivity contribution in [1.29, 1.82) is 2.86 Å². The van der Waals surface area contributed by atoms with Gasteiger partial charge in [-0.05, 0) is 0 Å². The molecule has 0 amide bonds. The number of rotatable bonds is 3. The Morgan fingerprint density at radius 1 is 1.44 bits per heavy atom. The van der Waals surface area contributed by atoms with Crippen molar-refractivity contribution in [3.8, 4) is 0 Å². The van der Waals surface area contributed by atoms with E-state index in [0.717, 1.165) is 0 Å². The first-order valence-corrected chi connectivity index (χ1v) is 1.77. The first-order chi connectivity index (χ1) is 5.87. The fourth-order valence-electron chi connectivity index (χ4n) is 0.144. The van der Waals surface area contributed by atoms with E-state index in [1.165, 1.54) is 0 Å². The van der Waals surface area contributed by atoms with Crippen LogP contribution in [0.15, 0.2) is 0 Å². The van der Waals surface area contributed by atoms with Gasteiger partial charge in [0, 0.05) is 2.74 Å². The van der Waals surface area contributed by atoms with E-state index in [1.807, 2.05) is 0 Å². The molecule has 0 bridgehead atoms. The highest BCUT2D eigenvalue weighted by Crippen LogP contribution is 1.81. The molecular weight excluding hydrogens is 128 g/mol. The Bertz CT molecular complexity index is 249. The molecule has 5 nitrogen and oxygen atoms in total. The van der Waals surface area contributed by atoms with Crippen molar-refractivity contribution in [3.63, 3.8) is 0 Å². The van der Waals surface area contributed by atoms with Crippen LogP contribution in [0.25, 0.3) is 2.86 Å². The van der Waals surface area contributed by atoms with Gasteiger partial charge in [0.1, 0.15) is 6.37 Å². The molecule has 0 radical (unpaired) electrons. The van der Waals surface area contributed by atoms with E-state index in [1.54, 1.807) is 0 Å². The van der Waals surface area contributed by atoms with Crippen LogP contribution in [0.4, 0.5) is 0 Å². The fourth-order valence-corrected chi connectivity index (χ4v) is 0.144. The lowest BCUT2D eigenvalue weighted by Crippen LogP contribution is -2.16. The summed E-state index contributed by atoms with van der Waals surface area (Å²) in [6.45, 7) is 0. The van der Waals surface area contributed by atoms with Crippen LogP contribution in [-0.4, -0.2) is 27.9 Å². The largest absolute Gasteiger partial charge is 0.481 e. The highest BCUT2D eigenvalue weighted by Gasteiger charge is 2.14. The maximum Gasteiger partial charge on any atom is 0.372 e. The predicted molar refractivity (Wildman–Crippen MR) is 24.9 cm³/mol. The van der Waals surface area contributed by atoms with Crippen molar-refractivity contribution in [2.45, 2.75) is 6.37 Å². The average Bonchev–Trinajstić information content (AvgIpc) is 2.13. The van der Waals surface area contributed by atoms with E-state index < -0.39 is 24.1 Å². The summed E-state index contributed by atoms with van der Waals surface area (Å²) >= 11 is 0. The second-order valence-corrected chi connectivity index (χ2v) is 1.03. The van der Waals surface area contributed by atoms with E-state index in [2.05, 4.69) is 10.2 Å². The lowest BCUT2D eigenvalue weighted by Gasteiger charge is -1.85. The Morgan fingerprint density at radius 2 is 2.11 bits per heavy atom. The molecule has 0 atom stereocenters. The summed E-state index contributed by atoms with van der Waals surface area (Å²) in [5.74, 6) is -5.57. The molecule has 50 valence electrons. The zero-order chi connectivity index (χ0) is 10.6. The van der Waals surface area contributed by atoms with Crippen molar-refractivity contribution in [3.05, 3.63) is 0 Å². The van der Waals surface area contributed by atoms with Gasteiger partial charge in [-0.25, -0.2) is 4.79 Å². The first kappa shape index (κ1) is 2.95. The molecule has 9 heavy (non-hydrogen) atoms. The summed E-state index contributed by atoms with van der Waals surface area (Å²) in [6, 6.07) is 0. The normalized spacial score (nSPS) is 15.6. The van der Waals surface area contributed by atoms with Crippen LogP contribution < -0.4 is 0 Å². The summed E-state index contributed by atoms with van der Waals surface area (Å²) in [4.78, 5) is 31.4. The zero-order valence-electron chi connectivity index (χ0n) is 8.04. The third-order valence-electron chi connectivity index (χ3n) is 0.401. The molecule has 0 spiro atoms. The van der Waals surface area contributed by atoms with Crippen LogP contribution in [-0.2, 0) is 14.4 Å². The van der Waals surface area contributed by atoms with Crippen molar-refractivity contribution in [1.82, 2.24) is 0 Å². The smallest absolute Gasteiger partial charge is 0.372 e.